The number of aromatic hydroxyl groups is 1. The first-order valence-electron chi connectivity index (χ1n) is 6.70. The van der Waals surface area contributed by atoms with Crippen molar-refractivity contribution >= 4 is 11.8 Å². The predicted octanol–water partition coefficient (Wildman–Crippen LogP) is 2.84. The molecular formula is C15H18N2O3S. The average Bonchev–Trinajstić information content (AvgIpc) is 2.46. The van der Waals surface area contributed by atoms with Crippen molar-refractivity contribution in [2.24, 2.45) is 0 Å². The molecule has 0 saturated carbocycles. The van der Waals surface area contributed by atoms with Gasteiger partial charge in [-0.2, -0.15) is 4.98 Å². The lowest BCUT2D eigenvalue weighted by atomic mass is 10.3. The normalized spacial score (nSPS) is 12.1. The van der Waals surface area contributed by atoms with Crippen LogP contribution in [-0.2, 0) is 0 Å². The van der Waals surface area contributed by atoms with E-state index in [1.54, 1.807) is 19.2 Å². The molecule has 1 heterocycles. The Morgan fingerprint density at radius 1 is 1.43 bits per heavy atom. The van der Waals surface area contributed by atoms with Crippen molar-refractivity contribution < 1.29 is 9.84 Å². The summed E-state index contributed by atoms with van der Waals surface area (Å²) in [6.45, 7) is 4.11. The fourth-order valence-corrected chi connectivity index (χ4v) is 2.79. The third-order valence-electron chi connectivity index (χ3n) is 3.08. The number of hydrogen-bond donors (Lipinski definition) is 1. The lowest BCUT2D eigenvalue weighted by molar-refractivity contribution is 0.409. The van der Waals surface area contributed by atoms with Crippen molar-refractivity contribution in [3.8, 4) is 17.3 Å². The van der Waals surface area contributed by atoms with Gasteiger partial charge in [-0.1, -0.05) is 37.7 Å². The summed E-state index contributed by atoms with van der Waals surface area (Å²) in [5.74, 6) is 0.315. The molecule has 2 aromatic rings. The van der Waals surface area contributed by atoms with Crippen molar-refractivity contribution in [3.05, 3.63) is 40.7 Å². The number of aromatic nitrogens is 2. The molecule has 112 valence electrons. The Kier molecular flexibility index (Phi) is 4.90. The fraction of sp³-hybridized carbons (Fsp3) is 0.333. The second kappa shape index (κ2) is 6.67. The molecule has 0 spiro atoms. The third-order valence-corrected chi connectivity index (χ3v) is 4.30. The highest BCUT2D eigenvalue weighted by Gasteiger charge is 2.16. The highest BCUT2D eigenvalue weighted by molar-refractivity contribution is 7.99. The first kappa shape index (κ1) is 15.4. The number of benzene rings is 1. The second-order valence-electron chi connectivity index (χ2n) is 4.58. The van der Waals surface area contributed by atoms with Gasteiger partial charge in [0.15, 0.2) is 5.16 Å². The Morgan fingerprint density at radius 3 is 2.81 bits per heavy atom. The van der Waals surface area contributed by atoms with Crippen LogP contribution < -0.4 is 10.3 Å². The zero-order valence-corrected chi connectivity index (χ0v) is 13.1. The van der Waals surface area contributed by atoms with Gasteiger partial charge in [-0.3, -0.25) is 9.36 Å². The summed E-state index contributed by atoms with van der Waals surface area (Å²) in [6, 6.07) is 8.34. The molecule has 5 nitrogen and oxygen atoms in total. The van der Waals surface area contributed by atoms with E-state index in [-0.39, 0.29) is 16.7 Å². The summed E-state index contributed by atoms with van der Waals surface area (Å²) < 4.78 is 6.78. The molecule has 0 aliphatic carbocycles. The van der Waals surface area contributed by atoms with Crippen LogP contribution in [0, 0.1) is 0 Å². The highest BCUT2D eigenvalue weighted by atomic mass is 32.2. The van der Waals surface area contributed by atoms with Crippen LogP contribution in [0.25, 0.3) is 5.69 Å². The molecule has 0 aliphatic heterocycles. The van der Waals surface area contributed by atoms with Gasteiger partial charge in [-0.25, -0.2) is 0 Å². The molecule has 1 aromatic heterocycles. The minimum absolute atomic E-state index is 0.267. The Labute approximate surface area is 127 Å². The Bertz CT molecular complexity index is 685. The number of methoxy groups -OCH3 is 1. The standard InChI is InChI=1S/C15H18N2O3S/c1-4-10(2)21-15-16-13(18)9-14(19)17(15)11-7-5-6-8-12(11)20-3/h5-10,18H,4H2,1-3H3. The summed E-state index contributed by atoms with van der Waals surface area (Å²) in [5.41, 5.74) is 0.279. The Hall–Kier alpha value is -1.95. The quantitative estimate of drug-likeness (QED) is 0.680. The average molecular weight is 306 g/mol. The second-order valence-corrected chi connectivity index (χ2v) is 5.98. The lowest BCUT2D eigenvalue weighted by Crippen LogP contribution is -2.21. The monoisotopic (exact) mass is 306 g/mol. The zero-order valence-electron chi connectivity index (χ0n) is 12.2. The van der Waals surface area contributed by atoms with Crippen molar-refractivity contribution in [1.82, 2.24) is 9.55 Å². The zero-order chi connectivity index (χ0) is 15.4. The summed E-state index contributed by atoms with van der Waals surface area (Å²) in [5, 5.41) is 10.3. The SMILES string of the molecule is CCC(C)Sc1nc(O)cc(=O)n1-c1ccccc1OC. The van der Waals surface area contributed by atoms with E-state index in [1.165, 1.54) is 16.3 Å². The maximum Gasteiger partial charge on any atom is 0.262 e. The van der Waals surface area contributed by atoms with Crippen LogP contribution in [0.2, 0.25) is 0 Å². The number of rotatable bonds is 5. The molecule has 21 heavy (non-hydrogen) atoms. The van der Waals surface area contributed by atoms with E-state index >= 15 is 0 Å². The maximum absolute atomic E-state index is 12.3. The van der Waals surface area contributed by atoms with E-state index < -0.39 is 0 Å². The van der Waals surface area contributed by atoms with Crippen LogP contribution in [0.5, 0.6) is 11.6 Å². The molecule has 0 radical (unpaired) electrons. The van der Waals surface area contributed by atoms with Crippen LogP contribution in [0.15, 0.2) is 40.3 Å². The molecule has 0 amide bonds. The molecule has 1 aromatic carbocycles. The van der Waals surface area contributed by atoms with Crippen LogP contribution in [-0.4, -0.2) is 27.0 Å². The van der Waals surface area contributed by atoms with E-state index in [2.05, 4.69) is 11.9 Å². The van der Waals surface area contributed by atoms with Crippen LogP contribution >= 0.6 is 11.8 Å². The lowest BCUT2D eigenvalue weighted by Gasteiger charge is -2.16. The van der Waals surface area contributed by atoms with Crippen molar-refractivity contribution in [2.75, 3.05) is 7.11 Å². The molecule has 0 bridgehead atoms. The van der Waals surface area contributed by atoms with E-state index in [9.17, 15) is 9.90 Å². The number of para-hydroxylation sites is 2. The van der Waals surface area contributed by atoms with Gasteiger partial charge in [-0.15, -0.1) is 0 Å². The number of hydrogen-bond acceptors (Lipinski definition) is 5. The van der Waals surface area contributed by atoms with Gasteiger partial charge < -0.3 is 9.84 Å². The van der Waals surface area contributed by atoms with Gasteiger partial charge in [0.25, 0.3) is 5.56 Å². The first-order valence-corrected chi connectivity index (χ1v) is 7.58. The van der Waals surface area contributed by atoms with Crippen molar-refractivity contribution in [3.63, 3.8) is 0 Å². The molecule has 1 unspecified atom stereocenters. The number of nitrogens with zero attached hydrogens (tertiary/aromatic N) is 2. The van der Waals surface area contributed by atoms with E-state index in [4.69, 9.17) is 4.74 Å². The fourth-order valence-electron chi connectivity index (χ4n) is 1.83. The van der Waals surface area contributed by atoms with Crippen LogP contribution in [0.3, 0.4) is 0 Å². The summed E-state index contributed by atoms with van der Waals surface area (Å²) in [4.78, 5) is 16.4. The van der Waals surface area contributed by atoms with Gasteiger partial charge in [0.1, 0.15) is 5.75 Å². The predicted molar refractivity (Wildman–Crippen MR) is 83.7 cm³/mol. The van der Waals surface area contributed by atoms with Gasteiger partial charge in [0, 0.05) is 5.25 Å². The summed E-state index contributed by atoms with van der Waals surface area (Å²) in [6.07, 6.45) is 0.933. The van der Waals surface area contributed by atoms with E-state index in [1.807, 2.05) is 19.1 Å². The minimum atomic E-state index is -0.335. The van der Waals surface area contributed by atoms with Gasteiger partial charge in [0.05, 0.1) is 18.9 Å². The largest absolute Gasteiger partial charge is 0.495 e. The molecule has 1 N–H and O–H groups in total. The molecule has 0 saturated heterocycles. The van der Waals surface area contributed by atoms with Crippen molar-refractivity contribution in [1.29, 1.82) is 0 Å². The molecule has 0 aliphatic rings. The number of thioether (sulfide) groups is 1. The first-order chi connectivity index (χ1) is 10.1. The Morgan fingerprint density at radius 2 is 2.14 bits per heavy atom. The van der Waals surface area contributed by atoms with Gasteiger partial charge in [0.2, 0.25) is 5.88 Å². The van der Waals surface area contributed by atoms with Crippen molar-refractivity contribution in [2.45, 2.75) is 30.7 Å². The molecular weight excluding hydrogens is 288 g/mol. The van der Waals surface area contributed by atoms with E-state index in [0.717, 1.165) is 12.5 Å². The van der Waals surface area contributed by atoms with Crippen LogP contribution in [0.4, 0.5) is 0 Å². The maximum atomic E-state index is 12.3. The van der Waals surface area contributed by atoms with E-state index in [0.29, 0.717) is 16.6 Å². The smallest absolute Gasteiger partial charge is 0.262 e. The third kappa shape index (κ3) is 3.39. The highest BCUT2D eigenvalue weighted by Crippen LogP contribution is 2.29. The summed E-state index contributed by atoms with van der Waals surface area (Å²) >= 11 is 1.45. The molecule has 2 rings (SSSR count). The minimum Gasteiger partial charge on any atom is -0.495 e. The molecule has 0 fully saturated rings. The van der Waals surface area contributed by atoms with Crippen LogP contribution in [0.1, 0.15) is 20.3 Å². The molecule has 1 atom stereocenters. The number of ether oxygens (including phenoxy) is 1. The van der Waals surface area contributed by atoms with Gasteiger partial charge in [-0.05, 0) is 18.6 Å². The Balaban J connectivity index is 2.64. The molecule has 6 heteroatoms. The summed E-state index contributed by atoms with van der Waals surface area (Å²) in [7, 11) is 1.55. The topological polar surface area (TPSA) is 64.4 Å². The van der Waals surface area contributed by atoms with Gasteiger partial charge >= 0.3 is 0 Å².